The lowest BCUT2D eigenvalue weighted by Crippen LogP contribution is -2.56. The first kappa shape index (κ1) is 20.2. The van der Waals surface area contributed by atoms with Gasteiger partial charge in [-0.15, -0.1) is 0 Å². The van der Waals surface area contributed by atoms with Crippen LogP contribution in [0.25, 0.3) is 0 Å². The van der Waals surface area contributed by atoms with Gasteiger partial charge in [0.15, 0.2) is 0 Å². The Morgan fingerprint density at radius 1 is 1.11 bits per heavy atom. The molecule has 2 heterocycles. The SMILES string of the molecule is NCC(=O)O.O=C1CCC(N2C(=O)c3ccccc3C2=O)C(=O)N1CCO. The molecule has 10 nitrogen and oxygen atoms in total. The molecule has 27 heavy (non-hydrogen) atoms. The molecule has 0 radical (unpaired) electrons. The minimum absolute atomic E-state index is 0.0593. The highest BCUT2D eigenvalue weighted by Gasteiger charge is 2.46. The van der Waals surface area contributed by atoms with E-state index in [1.54, 1.807) is 24.3 Å². The van der Waals surface area contributed by atoms with Crippen LogP contribution in [0, 0.1) is 0 Å². The Balaban J connectivity index is 0.000000465. The number of amides is 4. The van der Waals surface area contributed by atoms with E-state index < -0.39 is 35.6 Å². The number of aliphatic carboxylic acids is 1. The Kier molecular flexibility index (Phi) is 6.37. The van der Waals surface area contributed by atoms with Crippen LogP contribution in [0.3, 0.4) is 0 Å². The summed E-state index contributed by atoms with van der Waals surface area (Å²) in [7, 11) is 0. The first-order valence-electron chi connectivity index (χ1n) is 8.17. The summed E-state index contributed by atoms with van der Waals surface area (Å²) in [5.41, 5.74) is 5.11. The molecule has 4 N–H and O–H groups in total. The molecule has 3 rings (SSSR count). The number of fused-ring (bicyclic) bond motifs is 1. The van der Waals surface area contributed by atoms with Crippen LogP contribution in [0.1, 0.15) is 33.6 Å². The van der Waals surface area contributed by atoms with Crippen molar-refractivity contribution in [1.82, 2.24) is 9.80 Å². The summed E-state index contributed by atoms with van der Waals surface area (Å²) in [6.07, 6.45) is 0.175. The minimum Gasteiger partial charge on any atom is -0.480 e. The second-order valence-corrected chi connectivity index (χ2v) is 5.79. The van der Waals surface area contributed by atoms with Crippen molar-refractivity contribution >= 4 is 29.6 Å². The summed E-state index contributed by atoms with van der Waals surface area (Å²) in [5, 5.41) is 16.6. The number of carbonyl (C=O) groups is 5. The predicted octanol–water partition coefficient (Wildman–Crippen LogP) is -1.18. The zero-order chi connectivity index (χ0) is 20.1. The van der Waals surface area contributed by atoms with Crippen molar-refractivity contribution in [3.8, 4) is 0 Å². The molecular formula is C17H19N3O7. The van der Waals surface area contributed by atoms with Gasteiger partial charge >= 0.3 is 5.97 Å². The van der Waals surface area contributed by atoms with E-state index in [1.165, 1.54) is 0 Å². The zero-order valence-electron chi connectivity index (χ0n) is 14.3. The number of benzene rings is 1. The Morgan fingerprint density at radius 3 is 2.07 bits per heavy atom. The van der Waals surface area contributed by atoms with Gasteiger partial charge in [0.2, 0.25) is 5.91 Å². The number of carboxylic acids is 1. The molecule has 0 saturated carbocycles. The third-order valence-electron chi connectivity index (χ3n) is 4.12. The monoisotopic (exact) mass is 377 g/mol. The number of piperidine rings is 1. The van der Waals surface area contributed by atoms with Crippen LogP contribution in [-0.2, 0) is 14.4 Å². The number of nitrogens with zero attached hydrogens (tertiary/aromatic N) is 2. The van der Waals surface area contributed by atoms with Crippen molar-refractivity contribution in [1.29, 1.82) is 0 Å². The van der Waals surface area contributed by atoms with Gasteiger partial charge in [0, 0.05) is 6.42 Å². The van der Waals surface area contributed by atoms with E-state index in [9.17, 15) is 24.0 Å². The summed E-state index contributed by atoms with van der Waals surface area (Å²) in [5.74, 6) is -3.01. The van der Waals surface area contributed by atoms with Crippen LogP contribution < -0.4 is 5.73 Å². The smallest absolute Gasteiger partial charge is 0.317 e. The third-order valence-corrected chi connectivity index (χ3v) is 4.12. The van der Waals surface area contributed by atoms with Gasteiger partial charge < -0.3 is 15.9 Å². The molecule has 1 unspecified atom stereocenters. The van der Waals surface area contributed by atoms with E-state index in [-0.39, 0.29) is 43.7 Å². The molecule has 1 aromatic carbocycles. The van der Waals surface area contributed by atoms with Gasteiger partial charge in [-0.2, -0.15) is 0 Å². The quantitative estimate of drug-likeness (QED) is 0.553. The lowest BCUT2D eigenvalue weighted by atomic mass is 10.0. The Labute approximate surface area is 154 Å². The van der Waals surface area contributed by atoms with Gasteiger partial charge in [-0.25, -0.2) is 0 Å². The van der Waals surface area contributed by atoms with Crippen molar-refractivity contribution in [3.05, 3.63) is 35.4 Å². The van der Waals surface area contributed by atoms with E-state index in [1.807, 2.05) is 0 Å². The molecule has 1 atom stereocenters. The standard InChI is InChI=1S/C15H14N2O5.C2H5NO2/c18-8-7-16-12(19)6-5-11(15(16)22)17-13(20)9-3-1-2-4-10(9)14(17)21;3-1-2(4)5/h1-4,11,18H,5-8H2;1,3H2,(H,4,5). The third kappa shape index (κ3) is 4.01. The predicted molar refractivity (Wildman–Crippen MR) is 90.5 cm³/mol. The molecule has 0 aromatic heterocycles. The molecule has 1 saturated heterocycles. The molecule has 1 fully saturated rings. The second kappa shape index (κ2) is 8.52. The van der Waals surface area contributed by atoms with Gasteiger partial charge in [-0.1, -0.05) is 12.1 Å². The van der Waals surface area contributed by atoms with E-state index in [2.05, 4.69) is 5.73 Å². The molecule has 0 bridgehead atoms. The van der Waals surface area contributed by atoms with E-state index >= 15 is 0 Å². The molecule has 4 amide bonds. The Bertz CT molecular complexity index is 757. The van der Waals surface area contributed by atoms with Crippen molar-refractivity contribution < 1.29 is 34.2 Å². The van der Waals surface area contributed by atoms with Crippen molar-refractivity contribution in [2.24, 2.45) is 5.73 Å². The first-order chi connectivity index (χ1) is 12.8. The highest BCUT2D eigenvalue weighted by Crippen LogP contribution is 2.28. The molecule has 144 valence electrons. The molecule has 0 spiro atoms. The summed E-state index contributed by atoms with van der Waals surface area (Å²) in [6, 6.07) is 5.39. The van der Waals surface area contributed by atoms with Crippen LogP contribution in [-0.4, -0.2) is 75.3 Å². The van der Waals surface area contributed by atoms with Crippen LogP contribution >= 0.6 is 0 Å². The number of nitrogens with two attached hydrogens (primary N) is 1. The number of hydrogen-bond donors (Lipinski definition) is 3. The molecule has 1 aromatic rings. The van der Waals surface area contributed by atoms with Crippen molar-refractivity contribution in [3.63, 3.8) is 0 Å². The number of rotatable bonds is 4. The Morgan fingerprint density at radius 2 is 1.63 bits per heavy atom. The van der Waals surface area contributed by atoms with Gasteiger partial charge in [0.05, 0.1) is 30.8 Å². The van der Waals surface area contributed by atoms with Crippen LogP contribution in [0.2, 0.25) is 0 Å². The van der Waals surface area contributed by atoms with Gasteiger partial charge in [0.1, 0.15) is 6.04 Å². The number of likely N-dealkylation sites (tertiary alicyclic amines) is 1. The number of carbonyl (C=O) groups excluding carboxylic acids is 4. The normalized spacial score (nSPS) is 19.0. The maximum atomic E-state index is 12.4. The zero-order valence-corrected chi connectivity index (χ0v) is 14.3. The lowest BCUT2D eigenvalue weighted by Gasteiger charge is -2.34. The fourth-order valence-corrected chi connectivity index (χ4v) is 2.89. The number of aliphatic hydroxyl groups is 1. The van der Waals surface area contributed by atoms with E-state index in [4.69, 9.17) is 10.2 Å². The van der Waals surface area contributed by atoms with E-state index in [0.717, 1.165) is 9.80 Å². The summed E-state index contributed by atoms with van der Waals surface area (Å²) >= 11 is 0. The highest BCUT2D eigenvalue weighted by atomic mass is 16.4. The topological polar surface area (TPSA) is 158 Å². The number of imide groups is 2. The van der Waals surface area contributed by atoms with Gasteiger partial charge in [-0.3, -0.25) is 33.8 Å². The molecule has 10 heteroatoms. The number of β-amino-alcohol motifs (C(OH)–C–C–N with tert-alkyl or cyclic N) is 1. The molecule has 2 aliphatic rings. The first-order valence-corrected chi connectivity index (χ1v) is 8.17. The summed E-state index contributed by atoms with van der Waals surface area (Å²) in [6.45, 7) is -0.760. The average Bonchev–Trinajstić information content (AvgIpc) is 2.91. The van der Waals surface area contributed by atoms with Crippen LogP contribution in [0.5, 0.6) is 0 Å². The maximum absolute atomic E-state index is 12.4. The second-order valence-electron chi connectivity index (χ2n) is 5.79. The molecule has 0 aliphatic carbocycles. The maximum Gasteiger partial charge on any atom is 0.317 e. The number of hydrogen-bond acceptors (Lipinski definition) is 7. The summed E-state index contributed by atoms with van der Waals surface area (Å²) < 4.78 is 0. The fourth-order valence-electron chi connectivity index (χ4n) is 2.89. The van der Waals surface area contributed by atoms with Gasteiger partial charge in [0.25, 0.3) is 17.7 Å². The van der Waals surface area contributed by atoms with Crippen LogP contribution in [0.4, 0.5) is 0 Å². The highest BCUT2D eigenvalue weighted by molar-refractivity contribution is 6.23. The van der Waals surface area contributed by atoms with Gasteiger partial charge in [-0.05, 0) is 18.6 Å². The van der Waals surface area contributed by atoms with Crippen molar-refractivity contribution in [2.75, 3.05) is 19.7 Å². The summed E-state index contributed by atoms with van der Waals surface area (Å²) in [4.78, 5) is 60.0. The Hall–Kier alpha value is -3.11. The fraction of sp³-hybridized carbons (Fsp3) is 0.353. The lowest BCUT2D eigenvalue weighted by molar-refractivity contribution is -0.152. The number of aliphatic hydroxyl groups excluding tert-OH is 1. The molecular weight excluding hydrogens is 358 g/mol. The average molecular weight is 377 g/mol. The van der Waals surface area contributed by atoms with E-state index in [0.29, 0.717) is 0 Å². The van der Waals surface area contributed by atoms with Crippen LogP contribution in [0.15, 0.2) is 24.3 Å². The number of carboxylic acid groups (broad SMARTS) is 1. The molecule has 2 aliphatic heterocycles. The minimum atomic E-state index is -0.989. The van der Waals surface area contributed by atoms with Crippen molar-refractivity contribution in [2.45, 2.75) is 18.9 Å². The largest absolute Gasteiger partial charge is 0.480 e.